The van der Waals surface area contributed by atoms with Crippen LogP contribution in [0.4, 0.5) is 10.2 Å². The van der Waals surface area contributed by atoms with Crippen LogP contribution in [0.1, 0.15) is 24.6 Å². The second kappa shape index (κ2) is 5.92. The zero-order chi connectivity index (χ0) is 15.7. The zero-order valence-corrected chi connectivity index (χ0v) is 12.6. The van der Waals surface area contributed by atoms with Crippen molar-refractivity contribution >= 4 is 16.7 Å². The SMILES string of the molecule is COc1cc2c(N)nc(C3CCNCC3)nc2c(F)c1OC. The van der Waals surface area contributed by atoms with E-state index in [2.05, 4.69) is 15.3 Å². The molecule has 2 heterocycles. The number of hydrogen-bond acceptors (Lipinski definition) is 6. The first-order valence-corrected chi connectivity index (χ1v) is 7.24. The summed E-state index contributed by atoms with van der Waals surface area (Å²) in [6.07, 6.45) is 1.83. The molecule has 0 aliphatic carbocycles. The molecule has 118 valence electrons. The van der Waals surface area contributed by atoms with Crippen molar-refractivity contribution in [2.45, 2.75) is 18.8 Å². The van der Waals surface area contributed by atoms with Gasteiger partial charge in [0.15, 0.2) is 17.3 Å². The molecule has 6 nitrogen and oxygen atoms in total. The van der Waals surface area contributed by atoms with Gasteiger partial charge in [0.2, 0.25) is 0 Å². The number of ether oxygens (including phenoxy) is 2. The maximum absolute atomic E-state index is 14.7. The van der Waals surface area contributed by atoms with Gasteiger partial charge < -0.3 is 20.5 Å². The Morgan fingerprint density at radius 1 is 1.23 bits per heavy atom. The molecule has 1 aromatic heterocycles. The lowest BCUT2D eigenvalue weighted by atomic mass is 9.97. The lowest BCUT2D eigenvalue weighted by molar-refractivity contribution is 0.339. The molecule has 0 saturated carbocycles. The van der Waals surface area contributed by atoms with Gasteiger partial charge in [-0.05, 0) is 32.0 Å². The Morgan fingerprint density at radius 3 is 2.59 bits per heavy atom. The molecule has 3 rings (SSSR count). The molecule has 0 radical (unpaired) electrons. The molecule has 1 fully saturated rings. The van der Waals surface area contributed by atoms with E-state index in [-0.39, 0.29) is 28.8 Å². The zero-order valence-electron chi connectivity index (χ0n) is 12.6. The van der Waals surface area contributed by atoms with Crippen LogP contribution < -0.4 is 20.5 Å². The average molecular weight is 306 g/mol. The van der Waals surface area contributed by atoms with Gasteiger partial charge in [0, 0.05) is 11.3 Å². The first-order chi connectivity index (χ1) is 10.7. The summed E-state index contributed by atoms with van der Waals surface area (Å²) in [5.41, 5.74) is 6.20. The van der Waals surface area contributed by atoms with E-state index in [1.54, 1.807) is 6.07 Å². The molecule has 1 aliphatic heterocycles. The lowest BCUT2D eigenvalue weighted by Gasteiger charge is -2.22. The Bertz CT molecular complexity index is 702. The lowest BCUT2D eigenvalue weighted by Crippen LogP contribution is -2.27. The standard InChI is InChI=1S/C15H19FN4O2/c1-21-10-7-9-12(11(16)13(10)22-2)19-15(20-14(9)17)8-3-5-18-6-4-8/h7-8,18H,3-6H2,1-2H3,(H2,17,19,20). The number of methoxy groups -OCH3 is 2. The molecule has 7 heteroatoms. The van der Waals surface area contributed by atoms with Crippen molar-refractivity contribution in [3.63, 3.8) is 0 Å². The molecule has 0 unspecified atom stereocenters. The molecule has 1 aromatic carbocycles. The Kier molecular flexibility index (Phi) is 3.98. The molecule has 1 saturated heterocycles. The monoisotopic (exact) mass is 306 g/mol. The number of nitrogen functional groups attached to an aromatic ring is 1. The summed E-state index contributed by atoms with van der Waals surface area (Å²) >= 11 is 0. The van der Waals surface area contributed by atoms with Crippen LogP contribution in [0.2, 0.25) is 0 Å². The number of fused-ring (bicyclic) bond motifs is 1. The minimum atomic E-state index is -0.568. The fourth-order valence-electron chi connectivity index (χ4n) is 2.83. The van der Waals surface area contributed by atoms with Gasteiger partial charge in [0.25, 0.3) is 0 Å². The normalized spacial score (nSPS) is 16.0. The molecule has 0 atom stereocenters. The van der Waals surface area contributed by atoms with Gasteiger partial charge in [0.1, 0.15) is 17.2 Å². The molecular weight excluding hydrogens is 287 g/mol. The van der Waals surface area contributed by atoms with E-state index in [4.69, 9.17) is 15.2 Å². The van der Waals surface area contributed by atoms with Crippen LogP contribution in [0.5, 0.6) is 11.5 Å². The summed E-state index contributed by atoms with van der Waals surface area (Å²) in [6, 6.07) is 1.61. The van der Waals surface area contributed by atoms with Gasteiger partial charge in [-0.15, -0.1) is 0 Å². The fourth-order valence-corrected chi connectivity index (χ4v) is 2.83. The smallest absolute Gasteiger partial charge is 0.199 e. The third-order valence-electron chi connectivity index (χ3n) is 4.03. The number of aromatic nitrogens is 2. The molecule has 0 spiro atoms. The third kappa shape index (κ3) is 2.41. The first-order valence-electron chi connectivity index (χ1n) is 7.24. The summed E-state index contributed by atoms with van der Waals surface area (Å²) in [4.78, 5) is 8.79. The van der Waals surface area contributed by atoms with Gasteiger partial charge in [-0.1, -0.05) is 0 Å². The Morgan fingerprint density at radius 2 is 1.95 bits per heavy atom. The van der Waals surface area contributed by atoms with E-state index in [1.165, 1.54) is 14.2 Å². The van der Waals surface area contributed by atoms with Gasteiger partial charge in [-0.25, -0.2) is 14.4 Å². The Labute approximate surface area is 127 Å². The van der Waals surface area contributed by atoms with Crippen LogP contribution in [0, 0.1) is 5.82 Å². The summed E-state index contributed by atoms with van der Waals surface area (Å²) < 4.78 is 24.9. The van der Waals surface area contributed by atoms with Crippen LogP contribution in [0.25, 0.3) is 10.9 Å². The van der Waals surface area contributed by atoms with Gasteiger partial charge in [-0.2, -0.15) is 0 Å². The summed E-state index contributed by atoms with van der Waals surface area (Å²) in [7, 11) is 2.84. The molecule has 2 aromatic rings. The summed E-state index contributed by atoms with van der Waals surface area (Å²) in [5, 5.41) is 3.72. The number of piperidine rings is 1. The van der Waals surface area contributed by atoms with E-state index < -0.39 is 5.82 Å². The first kappa shape index (κ1) is 14.8. The highest BCUT2D eigenvalue weighted by Gasteiger charge is 2.23. The minimum Gasteiger partial charge on any atom is -0.493 e. The highest BCUT2D eigenvalue weighted by Crippen LogP contribution is 2.37. The Hall–Kier alpha value is -2.15. The van der Waals surface area contributed by atoms with Gasteiger partial charge in [0.05, 0.1) is 14.2 Å². The van der Waals surface area contributed by atoms with Crippen molar-refractivity contribution in [3.05, 3.63) is 17.7 Å². The third-order valence-corrected chi connectivity index (χ3v) is 4.03. The minimum absolute atomic E-state index is 0.0318. The van der Waals surface area contributed by atoms with Crippen LogP contribution in [-0.2, 0) is 0 Å². The van der Waals surface area contributed by atoms with Crippen LogP contribution in [-0.4, -0.2) is 37.3 Å². The number of nitrogens with one attached hydrogen (secondary N) is 1. The molecule has 1 aliphatic rings. The average Bonchev–Trinajstić information content (AvgIpc) is 2.56. The van der Waals surface area contributed by atoms with Crippen molar-refractivity contribution in [1.82, 2.24) is 15.3 Å². The topological polar surface area (TPSA) is 82.3 Å². The largest absolute Gasteiger partial charge is 0.493 e. The highest BCUT2D eigenvalue weighted by molar-refractivity contribution is 5.91. The number of benzene rings is 1. The maximum atomic E-state index is 14.7. The molecular formula is C15H19FN4O2. The molecule has 0 amide bonds. The maximum Gasteiger partial charge on any atom is 0.199 e. The van der Waals surface area contributed by atoms with Crippen LogP contribution in [0.3, 0.4) is 0 Å². The van der Waals surface area contributed by atoms with E-state index in [1.807, 2.05) is 0 Å². The number of halogens is 1. The van der Waals surface area contributed by atoms with Crippen LogP contribution >= 0.6 is 0 Å². The second-order valence-electron chi connectivity index (χ2n) is 5.31. The number of nitrogens with zero attached hydrogens (tertiary/aromatic N) is 2. The van der Waals surface area contributed by atoms with Crippen molar-refractivity contribution in [2.75, 3.05) is 33.0 Å². The van der Waals surface area contributed by atoms with E-state index in [0.29, 0.717) is 11.2 Å². The quantitative estimate of drug-likeness (QED) is 0.900. The van der Waals surface area contributed by atoms with E-state index in [0.717, 1.165) is 25.9 Å². The second-order valence-corrected chi connectivity index (χ2v) is 5.31. The van der Waals surface area contributed by atoms with Crippen molar-refractivity contribution < 1.29 is 13.9 Å². The molecule has 3 N–H and O–H groups in total. The Balaban J connectivity index is 2.17. The van der Waals surface area contributed by atoms with Gasteiger partial charge in [-0.3, -0.25) is 0 Å². The number of hydrogen-bond donors (Lipinski definition) is 2. The van der Waals surface area contributed by atoms with Gasteiger partial charge >= 0.3 is 0 Å². The molecule has 22 heavy (non-hydrogen) atoms. The number of anilines is 1. The summed E-state index contributed by atoms with van der Waals surface area (Å²) in [5.74, 6) is 0.791. The highest BCUT2D eigenvalue weighted by atomic mass is 19.1. The van der Waals surface area contributed by atoms with Crippen molar-refractivity contribution in [2.24, 2.45) is 0 Å². The van der Waals surface area contributed by atoms with E-state index in [9.17, 15) is 4.39 Å². The predicted octanol–water partition coefficient (Wildman–Crippen LogP) is 1.84. The summed E-state index contributed by atoms with van der Waals surface area (Å²) in [6.45, 7) is 1.81. The molecule has 0 bridgehead atoms. The van der Waals surface area contributed by atoms with E-state index >= 15 is 0 Å². The van der Waals surface area contributed by atoms with Crippen LogP contribution in [0.15, 0.2) is 6.07 Å². The predicted molar refractivity (Wildman–Crippen MR) is 81.9 cm³/mol. The number of rotatable bonds is 3. The fraction of sp³-hybridized carbons (Fsp3) is 0.467. The van der Waals surface area contributed by atoms with Crippen molar-refractivity contribution in [1.29, 1.82) is 0 Å². The number of nitrogens with two attached hydrogens (primary N) is 1. The van der Waals surface area contributed by atoms with Crippen molar-refractivity contribution in [3.8, 4) is 11.5 Å².